The fourth-order valence-corrected chi connectivity index (χ4v) is 3.07. The second-order valence-corrected chi connectivity index (χ2v) is 5.83. The van der Waals surface area contributed by atoms with Crippen LogP contribution in [0.4, 0.5) is 0 Å². The number of hydrogen-bond acceptors (Lipinski definition) is 3. The lowest BCUT2D eigenvalue weighted by Crippen LogP contribution is -2.52. The number of hydrogen-bond donors (Lipinski definition) is 1. The first-order valence-corrected chi connectivity index (χ1v) is 6.32. The topological polar surface area (TPSA) is 24.5 Å². The van der Waals surface area contributed by atoms with E-state index in [0.29, 0.717) is 23.5 Å². The summed E-state index contributed by atoms with van der Waals surface area (Å²) in [4.78, 5) is 2.47. The Kier molecular flexibility index (Phi) is 4.77. The van der Waals surface area contributed by atoms with Gasteiger partial charge in [-0.25, -0.2) is 0 Å². The molecular weight excluding hydrogens is 200 g/mol. The first kappa shape index (κ1) is 13.9. The van der Waals surface area contributed by atoms with Gasteiger partial charge in [-0.05, 0) is 39.3 Å². The molecule has 0 amide bonds. The largest absolute Gasteiger partial charge is 0.383 e. The van der Waals surface area contributed by atoms with Gasteiger partial charge in [-0.3, -0.25) is 4.90 Å². The van der Waals surface area contributed by atoms with Gasteiger partial charge in [0, 0.05) is 25.2 Å². The lowest BCUT2D eigenvalue weighted by Gasteiger charge is -2.37. The number of rotatable bonds is 5. The van der Waals surface area contributed by atoms with E-state index >= 15 is 0 Å². The van der Waals surface area contributed by atoms with Crippen LogP contribution >= 0.6 is 0 Å². The van der Waals surface area contributed by atoms with Gasteiger partial charge in [0.25, 0.3) is 0 Å². The van der Waals surface area contributed by atoms with Crippen molar-refractivity contribution in [2.45, 2.75) is 51.7 Å². The third-order valence-corrected chi connectivity index (χ3v) is 4.25. The summed E-state index contributed by atoms with van der Waals surface area (Å²) in [6, 6.07) is 1.70. The molecular formula is C13H28N2O. The summed E-state index contributed by atoms with van der Waals surface area (Å²) in [6.45, 7) is 7.78. The minimum Gasteiger partial charge on any atom is -0.383 e. The molecule has 1 aliphatic carbocycles. The zero-order valence-corrected chi connectivity index (χ0v) is 11.7. The number of nitrogens with zero attached hydrogens (tertiary/aromatic N) is 1. The zero-order chi connectivity index (χ0) is 12.3. The van der Waals surface area contributed by atoms with E-state index in [1.165, 1.54) is 12.8 Å². The predicted molar refractivity (Wildman–Crippen MR) is 68.8 cm³/mol. The Morgan fingerprint density at radius 1 is 1.50 bits per heavy atom. The Labute approximate surface area is 101 Å². The Hall–Kier alpha value is -0.120. The molecule has 0 heterocycles. The molecule has 0 saturated heterocycles. The van der Waals surface area contributed by atoms with E-state index in [2.05, 4.69) is 45.1 Å². The van der Waals surface area contributed by atoms with E-state index in [4.69, 9.17) is 4.74 Å². The molecule has 0 spiro atoms. The maximum Gasteiger partial charge on any atom is 0.0615 e. The van der Waals surface area contributed by atoms with Gasteiger partial charge >= 0.3 is 0 Å². The Morgan fingerprint density at radius 3 is 2.62 bits per heavy atom. The van der Waals surface area contributed by atoms with Crippen LogP contribution < -0.4 is 5.32 Å². The highest BCUT2D eigenvalue weighted by molar-refractivity contribution is 5.00. The summed E-state index contributed by atoms with van der Waals surface area (Å²) < 4.78 is 5.24. The van der Waals surface area contributed by atoms with Gasteiger partial charge < -0.3 is 10.1 Å². The van der Waals surface area contributed by atoms with Gasteiger partial charge in [-0.15, -0.1) is 0 Å². The molecule has 3 unspecified atom stereocenters. The highest BCUT2D eigenvalue weighted by atomic mass is 16.5. The maximum atomic E-state index is 5.24. The van der Waals surface area contributed by atoms with E-state index in [9.17, 15) is 0 Å². The van der Waals surface area contributed by atoms with Crippen LogP contribution in [0.5, 0.6) is 0 Å². The molecule has 3 nitrogen and oxygen atoms in total. The molecule has 16 heavy (non-hydrogen) atoms. The van der Waals surface area contributed by atoms with Crippen molar-refractivity contribution in [2.24, 2.45) is 5.41 Å². The molecule has 0 aromatic heterocycles. The summed E-state index contributed by atoms with van der Waals surface area (Å²) in [5, 5.41) is 3.50. The Morgan fingerprint density at radius 2 is 2.12 bits per heavy atom. The van der Waals surface area contributed by atoms with E-state index in [0.717, 1.165) is 6.61 Å². The van der Waals surface area contributed by atoms with Gasteiger partial charge in [-0.2, -0.15) is 0 Å². The van der Waals surface area contributed by atoms with Crippen LogP contribution in [0.1, 0.15) is 33.6 Å². The molecule has 0 bridgehead atoms. The summed E-state index contributed by atoms with van der Waals surface area (Å²) in [5.74, 6) is 0. The van der Waals surface area contributed by atoms with Gasteiger partial charge in [0.15, 0.2) is 0 Å². The molecule has 0 aromatic rings. The average Bonchev–Trinajstić information content (AvgIpc) is 2.52. The third kappa shape index (κ3) is 2.76. The quantitative estimate of drug-likeness (QED) is 0.775. The van der Waals surface area contributed by atoms with Crippen molar-refractivity contribution in [3.8, 4) is 0 Å². The molecule has 96 valence electrons. The first-order valence-electron chi connectivity index (χ1n) is 6.32. The number of ether oxygens (including phenoxy) is 1. The van der Waals surface area contributed by atoms with Crippen LogP contribution in [0.15, 0.2) is 0 Å². The lowest BCUT2D eigenvalue weighted by molar-refractivity contribution is 0.0750. The van der Waals surface area contributed by atoms with Crippen LogP contribution in [-0.4, -0.2) is 50.8 Å². The van der Waals surface area contributed by atoms with Gasteiger partial charge in [0.05, 0.1) is 6.61 Å². The molecule has 1 fully saturated rings. The monoisotopic (exact) mass is 228 g/mol. The normalized spacial score (nSPS) is 30.9. The summed E-state index contributed by atoms with van der Waals surface area (Å²) >= 11 is 0. The van der Waals surface area contributed by atoms with Crippen molar-refractivity contribution in [1.82, 2.24) is 10.2 Å². The molecule has 1 saturated carbocycles. The van der Waals surface area contributed by atoms with E-state index in [-0.39, 0.29) is 0 Å². The Balaban J connectivity index is 2.66. The van der Waals surface area contributed by atoms with Crippen molar-refractivity contribution in [2.75, 3.05) is 27.8 Å². The average molecular weight is 228 g/mol. The fourth-order valence-electron chi connectivity index (χ4n) is 3.07. The zero-order valence-electron chi connectivity index (χ0n) is 11.7. The van der Waals surface area contributed by atoms with Crippen molar-refractivity contribution in [3.05, 3.63) is 0 Å². The SMILES string of the molecule is CNC1C(N(C)C(C)COC)CCC1(C)C. The Bertz CT molecular complexity index is 218. The van der Waals surface area contributed by atoms with E-state index in [1.54, 1.807) is 7.11 Å². The molecule has 3 atom stereocenters. The van der Waals surface area contributed by atoms with Crippen molar-refractivity contribution < 1.29 is 4.74 Å². The first-order chi connectivity index (χ1) is 7.44. The molecule has 0 radical (unpaired) electrons. The highest BCUT2D eigenvalue weighted by Crippen LogP contribution is 2.39. The molecule has 1 N–H and O–H groups in total. The van der Waals surface area contributed by atoms with E-state index < -0.39 is 0 Å². The second-order valence-electron chi connectivity index (χ2n) is 5.83. The molecule has 0 aromatic carbocycles. The smallest absolute Gasteiger partial charge is 0.0615 e. The van der Waals surface area contributed by atoms with Crippen molar-refractivity contribution in [3.63, 3.8) is 0 Å². The molecule has 3 heteroatoms. The summed E-state index contributed by atoms with van der Waals surface area (Å²) in [6.07, 6.45) is 2.58. The predicted octanol–water partition coefficient (Wildman–Crippen LogP) is 1.73. The van der Waals surface area contributed by atoms with Crippen LogP contribution in [0.3, 0.4) is 0 Å². The molecule has 1 aliphatic rings. The van der Waals surface area contributed by atoms with Crippen LogP contribution in [0.25, 0.3) is 0 Å². The number of nitrogens with one attached hydrogen (secondary N) is 1. The third-order valence-electron chi connectivity index (χ3n) is 4.25. The van der Waals surface area contributed by atoms with Gasteiger partial charge in [0.1, 0.15) is 0 Å². The van der Waals surface area contributed by atoms with Crippen LogP contribution in [0, 0.1) is 5.41 Å². The van der Waals surface area contributed by atoms with Gasteiger partial charge in [-0.1, -0.05) is 13.8 Å². The highest BCUT2D eigenvalue weighted by Gasteiger charge is 2.43. The maximum absolute atomic E-state index is 5.24. The second kappa shape index (κ2) is 5.48. The number of methoxy groups -OCH3 is 1. The molecule has 1 rings (SSSR count). The minimum absolute atomic E-state index is 0.403. The fraction of sp³-hybridized carbons (Fsp3) is 1.00. The van der Waals surface area contributed by atoms with E-state index in [1.807, 2.05) is 0 Å². The standard InChI is InChI=1S/C13H28N2O/c1-10(9-16-6)15(5)11-7-8-13(2,3)12(11)14-4/h10-12,14H,7-9H2,1-6H3. The van der Waals surface area contributed by atoms with Crippen molar-refractivity contribution in [1.29, 1.82) is 0 Å². The van der Waals surface area contributed by atoms with Gasteiger partial charge in [0.2, 0.25) is 0 Å². The van der Waals surface area contributed by atoms with Crippen LogP contribution in [-0.2, 0) is 4.74 Å². The summed E-state index contributed by atoms with van der Waals surface area (Å²) in [7, 11) is 6.08. The van der Waals surface area contributed by atoms with Crippen LogP contribution in [0.2, 0.25) is 0 Å². The minimum atomic E-state index is 0.403. The lowest BCUT2D eigenvalue weighted by atomic mass is 9.86. The molecule has 0 aliphatic heterocycles. The number of likely N-dealkylation sites (N-methyl/N-ethyl adjacent to an activating group) is 2. The summed E-state index contributed by atoms with van der Waals surface area (Å²) in [5.41, 5.74) is 0.403. The van der Waals surface area contributed by atoms with Crippen molar-refractivity contribution >= 4 is 0 Å².